The molecule has 0 fully saturated rings. The van der Waals surface area contributed by atoms with Gasteiger partial charge in [0.2, 0.25) is 0 Å². The summed E-state index contributed by atoms with van der Waals surface area (Å²) < 4.78 is 0. The third-order valence-electron chi connectivity index (χ3n) is 4.69. The molecule has 0 aliphatic rings. The SMILES string of the molecule is Cc1ccc(CN[C@H](c2ccccc2)[C@H](C)N(C)C)c(N(C)C)c1. The second-order valence-corrected chi connectivity index (χ2v) is 7.00. The maximum Gasteiger partial charge on any atom is 0.0477 e. The van der Waals surface area contributed by atoms with Crippen molar-refractivity contribution in [2.75, 3.05) is 33.1 Å². The predicted octanol–water partition coefficient (Wildman–Crippen LogP) is 3.84. The van der Waals surface area contributed by atoms with E-state index in [0.717, 1.165) is 6.54 Å². The van der Waals surface area contributed by atoms with Crippen molar-refractivity contribution in [2.45, 2.75) is 32.5 Å². The van der Waals surface area contributed by atoms with E-state index in [1.807, 2.05) is 0 Å². The van der Waals surface area contributed by atoms with E-state index in [2.05, 4.69) is 106 Å². The van der Waals surface area contributed by atoms with Crippen LogP contribution in [0.25, 0.3) is 0 Å². The van der Waals surface area contributed by atoms with Crippen LogP contribution in [0.4, 0.5) is 5.69 Å². The number of likely N-dealkylation sites (N-methyl/N-ethyl adjacent to an activating group) is 1. The Morgan fingerprint density at radius 1 is 0.958 bits per heavy atom. The fourth-order valence-electron chi connectivity index (χ4n) is 2.99. The lowest BCUT2D eigenvalue weighted by Gasteiger charge is -2.31. The number of nitrogens with one attached hydrogen (secondary N) is 1. The fraction of sp³-hybridized carbons (Fsp3) is 0.429. The minimum absolute atomic E-state index is 0.289. The maximum atomic E-state index is 3.78. The Labute approximate surface area is 147 Å². The summed E-state index contributed by atoms with van der Waals surface area (Å²) >= 11 is 0. The lowest BCUT2D eigenvalue weighted by molar-refractivity contribution is 0.245. The van der Waals surface area contributed by atoms with Gasteiger partial charge in [-0.25, -0.2) is 0 Å². The Morgan fingerprint density at radius 2 is 1.62 bits per heavy atom. The molecule has 130 valence electrons. The highest BCUT2D eigenvalue weighted by Gasteiger charge is 2.21. The van der Waals surface area contributed by atoms with Crippen LogP contribution in [0.1, 0.15) is 29.7 Å². The molecule has 0 aromatic heterocycles. The lowest BCUT2D eigenvalue weighted by atomic mass is 9.99. The summed E-state index contributed by atoms with van der Waals surface area (Å²) in [4.78, 5) is 4.46. The molecule has 0 heterocycles. The van der Waals surface area contributed by atoms with Gasteiger partial charge in [0.15, 0.2) is 0 Å². The molecule has 3 heteroatoms. The first-order valence-corrected chi connectivity index (χ1v) is 8.61. The van der Waals surface area contributed by atoms with Crippen molar-refractivity contribution >= 4 is 5.69 Å². The molecule has 0 radical (unpaired) electrons. The lowest BCUT2D eigenvalue weighted by Crippen LogP contribution is -2.39. The number of rotatable bonds is 7. The zero-order valence-electron chi connectivity index (χ0n) is 15.9. The Kier molecular flexibility index (Phi) is 6.41. The van der Waals surface area contributed by atoms with Crippen LogP contribution in [0.5, 0.6) is 0 Å². The molecule has 3 nitrogen and oxygen atoms in total. The second kappa shape index (κ2) is 8.32. The van der Waals surface area contributed by atoms with E-state index in [9.17, 15) is 0 Å². The fourth-order valence-corrected chi connectivity index (χ4v) is 2.99. The molecule has 0 bridgehead atoms. The van der Waals surface area contributed by atoms with Gasteiger partial charge in [0, 0.05) is 38.4 Å². The molecule has 2 aromatic carbocycles. The first-order chi connectivity index (χ1) is 11.4. The molecule has 0 saturated heterocycles. The topological polar surface area (TPSA) is 18.5 Å². The van der Waals surface area contributed by atoms with Gasteiger partial charge in [-0.2, -0.15) is 0 Å². The van der Waals surface area contributed by atoms with Crippen LogP contribution in [0.15, 0.2) is 48.5 Å². The Hall–Kier alpha value is -1.84. The molecule has 24 heavy (non-hydrogen) atoms. The summed E-state index contributed by atoms with van der Waals surface area (Å²) in [6.45, 7) is 5.27. The third kappa shape index (κ3) is 4.59. The zero-order valence-corrected chi connectivity index (χ0v) is 15.9. The van der Waals surface area contributed by atoms with Crippen molar-refractivity contribution in [1.82, 2.24) is 10.2 Å². The minimum atomic E-state index is 0.289. The highest BCUT2D eigenvalue weighted by Crippen LogP contribution is 2.24. The van der Waals surface area contributed by atoms with Crippen molar-refractivity contribution in [1.29, 1.82) is 0 Å². The van der Waals surface area contributed by atoms with Crippen LogP contribution in [0.2, 0.25) is 0 Å². The molecular formula is C21H31N3. The molecule has 2 rings (SSSR count). The number of hydrogen-bond acceptors (Lipinski definition) is 3. The summed E-state index contributed by atoms with van der Waals surface area (Å²) in [6.07, 6.45) is 0. The number of anilines is 1. The number of hydrogen-bond donors (Lipinski definition) is 1. The van der Waals surface area contributed by atoms with Gasteiger partial charge >= 0.3 is 0 Å². The summed E-state index contributed by atoms with van der Waals surface area (Å²) in [5.41, 5.74) is 5.24. The molecule has 0 unspecified atom stereocenters. The van der Waals surface area contributed by atoms with Gasteiger partial charge in [0.1, 0.15) is 0 Å². The van der Waals surface area contributed by atoms with Crippen LogP contribution < -0.4 is 10.2 Å². The van der Waals surface area contributed by atoms with Gasteiger partial charge < -0.3 is 15.1 Å². The predicted molar refractivity (Wildman–Crippen MR) is 105 cm³/mol. The largest absolute Gasteiger partial charge is 0.377 e. The summed E-state index contributed by atoms with van der Waals surface area (Å²) in [7, 11) is 8.49. The molecule has 0 aliphatic carbocycles. The molecule has 1 N–H and O–H groups in total. The second-order valence-electron chi connectivity index (χ2n) is 7.00. The smallest absolute Gasteiger partial charge is 0.0477 e. The molecule has 0 amide bonds. The Morgan fingerprint density at radius 3 is 2.21 bits per heavy atom. The van der Waals surface area contributed by atoms with E-state index in [1.165, 1.54) is 22.4 Å². The molecule has 2 aromatic rings. The Balaban J connectivity index is 2.23. The number of nitrogens with zero attached hydrogens (tertiary/aromatic N) is 2. The quantitative estimate of drug-likeness (QED) is 0.834. The van der Waals surface area contributed by atoms with E-state index >= 15 is 0 Å². The van der Waals surface area contributed by atoms with Gasteiger partial charge in [0.25, 0.3) is 0 Å². The molecule has 0 saturated carbocycles. The number of aryl methyl sites for hydroxylation is 1. The van der Waals surface area contributed by atoms with Crippen LogP contribution in [-0.4, -0.2) is 39.1 Å². The van der Waals surface area contributed by atoms with E-state index < -0.39 is 0 Å². The van der Waals surface area contributed by atoms with E-state index in [4.69, 9.17) is 0 Å². The Bertz CT molecular complexity index is 635. The zero-order chi connectivity index (χ0) is 17.7. The van der Waals surface area contributed by atoms with Crippen molar-refractivity contribution in [3.8, 4) is 0 Å². The van der Waals surface area contributed by atoms with Gasteiger partial charge in [0.05, 0.1) is 0 Å². The van der Waals surface area contributed by atoms with Crippen molar-refractivity contribution in [3.63, 3.8) is 0 Å². The standard InChI is InChI=1S/C21H31N3/c1-16-12-13-19(20(14-16)24(5)6)15-22-21(17(2)23(3)4)18-10-8-7-9-11-18/h7-14,17,21-22H,15H2,1-6H3/t17-,21-/m0/s1. The third-order valence-corrected chi connectivity index (χ3v) is 4.69. The summed E-state index contributed by atoms with van der Waals surface area (Å²) in [5.74, 6) is 0. The van der Waals surface area contributed by atoms with Gasteiger partial charge in [-0.05, 0) is 50.7 Å². The minimum Gasteiger partial charge on any atom is -0.377 e. The number of benzene rings is 2. The van der Waals surface area contributed by atoms with Crippen LogP contribution in [-0.2, 0) is 6.54 Å². The average molecular weight is 326 g/mol. The monoisotopic (exact) mass is 325 g/mol. The highest BCUT2D eigenvalue weighted by atomic mass is 15.1. The van der Waals surface area contributed by atoms with E-state index in [0.29, 0.717) is 6.04 Å². The normalized spacial score (nSPS) is 13.8. The molecule has 0 aliphatic heterocycles. The maximum absolute atomic E-state index is 3.78. The molecular weight excluding hydrogens is 294 g/mol. The van der Waals surface area contributed by atoms with Crippen LogP contribution in [0.3, 0.4) is 0 Å². The van der Waals surface area contributed by atoms with Gasteiger partial charge in [-0.3, -0.25) is 0 Å². The van der Waals surface area contributed by atoms with E-state index in [1.54, 1.807) is 0 Å². The van der Waals surface area contributed by atoms with Crippen LogP contribution in [0, 0.1) is 6.92 Å². The van der Waals surface area contributed by atoms with Crippen LogP contribution >= 0.6 is 0 Å². The summed E-state index contributed by atoms with van der Waals surface area (Å²) in [5, 5.41) is 3.78. The van der Waals surface area contributed by atoms with Crippen molar-refractivity contribution in [3.05, 3.63) is 65.2 Å². The first kappa shape index (κ1) is 18.5. The average Bonchev–Trinajstić information content (AvgIpc) is 2.56. The molecule has 2 atom stereocenters. The van der Waals surface area contributed by atoms with Gasteiger partial charge in [-0.1, -0.05) is 42.5 Å². The van der Waals surface area contributed by atoms with Crippen molar-refractivity contribution < 1.29 is 0 Å². The molecule has 0 spiro atoms. The van der Waals surface area contributed by atoms with Gasteiger partial charge in [-0.15, -0.1) is 0 Å². The van der Waals surface area contributed by atoms with E-state index in [-0.39, 0.29) is 6.04 Å². The first-order valence-electron chi connectivity index (χ1n) is 8.61. The summed E-state index contributed by atoms with van der Waals surface area (Å²) in [6, 6.07) is 18.1. The van der Waals surface area contributed by atoms with Crippen molar-refractivity contribution in [2.24, 2.45) is 0 Å². The highest BCUT2D eigenvalue weighted by molar-refractivity contribution is 5.54.